The lowest BCUT2D eigenvalue weighted by molar-refractivity contribution is 0.0159. The molecule has 2 heterocycles. The van der Waals surface area contributed by atoms with Gasteiger partial charge in [0.25, 0.3) is 5.91 Å². The third-order valence-corrected chi connectivity index (χ3v) is 3.55. The summed E-state index contributed by atoms with van der Waals surface area (Å²) in [5.74, 6) is 0.553. The Bertz CT molecular complexity index is 728. The maximum absolute atomic E-state index is 12.3. The van der Waals surface area contributed by atoms with Gasteiger partial charge in [0.05, 0.1) is 24.7 Å². The predicted octanol–water partition coefficient (Wildman–Crippen LogP) is 2.17. The number of aromatic nitrogens is 1. The van der Waals surface area contributed by atoms with Gasteiger partial charge in [0.1, 0.15) is 6.10 Å². The predicted molar refractivity (Wildman–Crippen MR) is 80.5 cm³/mol. The van der Waals surface area contributed by atoms with Crippen molar-refractivity contribution in [3.05, 3.63) is 59.3 Å². The van der Waals surface area contributed by atoms with Crippen LogP contribution in [0.15, 0.2) is 42.5 Å². The Morgan fingerprint density at radius 3 is 2.64 bits per heavy atom. The fourth-order valence-electron chi connectivity index (χ4n) is 2.30. The van der Waals surface area contributed by atoms with Crippen LogP contribution in [0.2, 0.25) is 0 Å². The van der Waals surface area contributed by atoms with Gasteiger partial charge in [-0.05, 0) is 37.3 Å². The minimum Gasteiger partial charge on any atom is -0.471 e. The number of likely N-dealkylation sites (tertiary alicyclic amines) is 1. The van der Waals surface area contributed by atoms with E-state index in [1.165, 1.54) is 0 Å². The van der Waals surface area contributed by atoms with E-state index in [1.807, 2.05) is 31.2 Å². The number of carbonyl (C=O) groups is 1. The second-order valence-electron chi connectivity index (χ2n) is 5.26. The van der Waals surface area contributed by atoms with Gasteiger partial charge in [0.2, 0.25) is 5.88 Å². The summed E-state index contributed by atoms with van der Waals surface area (Å²) in [4.78, 5) is 18.3. The number of hydrogen-bond acceptors (Lipinski definition) is 4. The Morgan fingerprint density at radius 2 is 2.00 bits per heavy atom. The molecule has 2 aromatic rings. The molecule has 1 aromatic carbocycles. The van der Waals surface area contributed by atoms with Crippen molar-refractivity contribution in [2.75, 3.05) is 13.1 Å². The van der Waals surface area contributed by atoms with Crippen molar-refractivity contribution >= 4 is 5.91 Å². The molecular formula is C17H15N3O2. The summed E-state index contributed by atoms with van der Waals surface area (Å²) in [7, 11) is 0. The molecule has 0 spiro atoms. The summed E-state index contributed by atoms with van der Waals surface area (Å²) < 4.78 is 5.74. The molecule has 3 rings (SSSR count). The first kappa shape index (κ1) is 14.1. The van der Waals surface area contributed by atoms with Gasteiger partial charge in [-0.2, -0.15) is 5.26 Å². The second kappa shape index (κ2) is 5.86. The summed E-state index contributed by atoms with van der Waals surface area (Å²) in [6.07, 6.45) is -0.0170. The molecule has 110 valence electrons. The molecule has 22 heavy (non-hydrogen) atoms. The number of nitriles is 1. The zero-order valence-electron chi connectivity index (χ0n) is 12.2. The van der Waals surface area contributed by atoms with Crippen LogP contribution in [-0.2, 0) is 0 Å². The van der Waals surface area contributed by atoms with E-state index in [2.05, 4.69) is 4.98 Å². The van der Waals surface area contributed by atoms with E-state index in [1.54, 1.807) is 29.2 Å². The fourth-order valence-corrected chi connectivity index (χ4v) is 2.30. The molecule has 1 amide bonds. The quantitative estimate of drug-likeness (QED) is 0.870. The lowest BCUT2D eigenvalue weighted by atomic mass is 10.1. The van der Waals surface area contributed by atoms with E-state index in [0.717, 1.165) is 5.69 Å². The number of hydrogen-bond donors (Lipinski definition) is 0. The number of amides is 1. The molecule has 1 fully saturated rings. The Kier molecular flexibility index (Phi) is 3.75. The van der Waals surface area contributed by atoms with E-state index in [0.29, 0.717) is 30.1 Å². The highest BCUT2D eigenvalue weighted by atomic mass is 16.5. The molecule has 0 unspecified atom stereocenters. The van der Waals surface area contributed by atoms with Gasteiger partial charge >= 0.3 is 0 Å². The van der Waals surface area contributed by atoms with Crippen LogP contribution in [0.3, 0.4) is 0 Å². The Hall–Kier alpha value is -2.87. The van der Waals surface area contributed by atoms with Crippen molar-refractivity contribution in [2.24, 2.45) is 0 Å². The highest BCUT2D eigenvalue weighted by Gasteiger charge is 2.33. The van der Waals surface area contributed by atoms with Crippen LogP contribution in [0, 0.1) is 18.3 Å². The topological polar surface area (TPSA) is 66.2 Å². The van der Waals surface area contributed by atoms with Crippen LogP contribution in [-0.4, -0.2) is 35.0 Å². The SMILES string of the molecule is Cc1cccc(OC2CN(C(=O)c3ccc(C#N)cc3)C2)n1. The van der Waals surface area contributed by atoms with Gasteiger partial charge in [-0.3, -0.25) is 4.79 Å². The van der Waals surface area contributed by atoms with Crippen molar-refractivity contribution in [1.82, 2.24) is 9.88 Å². The van der Waals surface area contributed by atoms with Crippen molar-refractivity contribution < 1.29 is 9.53 Å². The second-order valence-corrected chi connectivity index (χ2v) is 5.26. The van der Waals surface area contributed by atoms with Gasteiger partial charge < -0.3 is 9.64 Å². The number of ether oxygens (including phenoxy) is 1. The van der Waals surface area contributed by atoms with Gasteiger partial charge in [-0.1, -0.05) is 6.07 Å². The molecule has 0 saturated carbocycles. The molecular weight excluding hydrogens is 278 g/mol. The molecule has 0 radical (unpaired) electrons. The molecule has 5 heteroatoms. The number of benzene rings is 1. The Balaban J connectivity index is 1.56. The molecule has 1 aliphatic heterocycles. The molecule has 0 atom stereocenters. The third kappa shape index (κ3) is 2.91. The van der Waals surface area contributed by atoms with Gasteiger partial charge in [-0.15, -0.1) is 0 Å². The van der Waals surface area contributed by atoms with E-state index >= 15 is 0 Å². The minimum atomic E-state index is -0.0402. The zero-order valence-corrected chi connectivity index (χ0v) is 12.2. The monoisotopic (exact) mass is 293 g/mol. The lowest BCUT2D eigenvalue weighted by Gasteiger charge is -2.38. The van der Waals surface area contributed by atoms with Crippen LogP contribution in [0.4, 0.5) is 0 Å². The van der Waals surface area contributed by atoms with E-state index in [-0.39, 0.29) is 12.0 Å². The van der Waals surface area contributed by atoms with Crippen LogP contribution >= 0.6 is 0 Å². The fraction of sp³-hybridized carbons (Fsp3) is 0.235. The largest absolute Gasteiger partial charge is 0.471 e. The smallest absolute Gasteiger partial charge is 0.254 e. The van der Waals surface area contributed by atoms with Gasteiger partial charge in [-0.25, -0.2) is 4.98 Å². The number of pyridine rings is 1. The van der Waals surface area contributed by atoms with Crippen LogP contribution in [0.5, 0.6) is 5.88 Å². The molecule has 5 nitrogen and oxygen atoms in total. The van der Waals surface area contributed by atoms with Crippen molar-refractivity contribution in [2.45, 2.75) is 13.0 Å². The molecule has 1 aromatic heterocycles. The van der Waals surface area contributed by atoms with E-state index < -0.39 is 0 Å². The van der Waals surface area contributed by atoms with Crippen LogP contribution < -0.4 is 4.74 Å². The summed E-state index contributed by atoms with van der Waals surface area (Å²) in [5, 5.41) is 8.76. The first-order valence-electron chi connectivity index (χ1n) is 7.05. The molecule has 0 bridgehead atoms. The summed E-state index contributed by atoms with van der Waals surface area (Å²) in [6, 6.07) is 14.3. The summed E-state index contributed by atoms with van der Waals surface area (Å²) in [6.45, 7) is 3.01. The lowest BCUT2D eigenvalue weighted by Crippen LogP contribution is -2.56. The van der Waals surface area contributed by atoms with Crippen LogP contribution in [0.25, 0.3) is 0 Å². The normalized spacial score (nSPS) is 14.1. The molecule has 1 aliphatic rings. The molecule has 0 N–H and O–H groups in total. The number of aryl methyl sites for hydroxylation is 1. The number of nitrogens with zero attached hydrogens (tertiary/aromatic N) is 3. The van der Waals surface area contributed by atoms with E-state index in [9.17, 15) is 4.79 Å². The Morgan fingerprint density at radius 1 is 1.27 bits per heavy atom. The number of carbonyl (C=O) groups excluding carboxylic acids is 1. The Labute approximate surface area is 128 Å². The summed E-state index contributed by atoms with van der Waals surface area (Å²) >= 11 is 0. The third-order valence-electron chi connectivity index (χ3n) is 3.55. The minimum absolute atomic E-state index is 0.0170. The summed E-state index contributed by atoms with van der Waals surface area (Å²) in [5.41, 5.74) is 2.04. The maximum atomic E-state index is 12.3. The number of rotatable bonds is 3. The highest BCUT2D eigenvalue weighted by molar-refractivity contribution is 5.94. The van der Waals surface area contributed by atoms with Crippen molar-refractivity contribution in [3.8, 4) is 11.9 Å². The van der Waals surface area contributed by atoms with Gasteiger partial charge in [0.15, 0.2) is 0 Å². The van der Waals surface area contributed by atoms with Crippen molar-refractivity contribution in [3.63, 3.8) is 0 Å². The first-order chi connectivity index (χ1) is 10.7. The average Bonchev–Trinajstić information content (AvgIpc) is 2.50. The average molecular weight is 293 g/mol. The maximum Gasteiger partial charge on any atom is 0.254 e. The zero-order chi connectivity index (χ0) is 15.5. The van der Waals surface area contributed by atoms with Gasteiger partial charge in [0, 0.05) is 17.3 Å². The van der Waals surface area contributed by atoms with Crippen molar-refractivity contribution in [1.29, 1.82) is 5.26 Å². The first-order valence-corrected chi connectivity index (χ1v) is 7.05. The van der Waals surface area contributed by atoms with Crippen LogP contribution in [0.1, 0.15) is 21.6 Å². The molecule has 1 saturated heterocycles. The van der Waals surface area contributed by atoms with E-state index in [4.69, 9.17) is 10.00 Å². The molecule has 0 aliphatic carbocycles. The highest BCUT2D eigenvalue weighted by Crippen LogP contribution is 2.19. The standard InChI is InChI=1S/C17H15N3O2/c1-12-3-2-4-16(19-12)22-15-10-20(11-15)17(21)14-7-5-13(9-18)6-8-14/h2-8,15H,10-11H2,1H3.